The number of benzene rings is 6. The lowest BCUT2D eigenvalue weighted by molar-refractivity contribution is 1.19. The molecule has 1 aliphatic rings. The van der Waals surface area contributed by atoms with E-state index in [9.17, 15) is 0 Å². The van der Waals surface area contributed by atoms with E-state index in [0.717, 1.165) is 6.42 Å². The molecule has 1 aliphatic carbocycles. The molecule has 0 bridgehead atoms. The molecule has 8 rings (SSSR count). The summed E-state index contributed by atoms with van der Waals surface area (Å²) in [6.45, 7) is 2.06. The lowest BCUT2D eigenvalue weighted by Gasteiger charge is -2.11. The number of hydrogen-bond donors (Lipinski definition) is 0. The maximum Gasteiger partial charge on any atom is 0.0619 e. The Morgan fingerprint density at radius 2 is 1.42 bits per heavy atom. The third-order valence-corrected chi connectivity index (χ3v) is 8.74. The first-order chi connectivity index (χ1) is 21.3. The van der Waals surface area contributed by atoms with Crippen LogP contribution >= 0.6 is 0 Å². The monoisotopic (exact) mass is 549 g/mol. The van der Waals surface area contributed by atoms with E-state index in [1.807, 2.05) is 0 Å². The summed E-state index contributed by atoms with van der Waals surface area (Å²) in [6, 6.07) is 46.7. The molecule has 0 amide bonds. The standard InChI is InChI=1S/C42H31N/c1-2-9-29-16-17-35-27-34(12-8-11-33(35)26-29)30-18-20-31(21-19-30)36-23-25-41-40(28-36)39-24-22-32-10-6-7-15-38(32)42(39)43(41)37-13-4-3-5-14-37/h2-26,28H,27H2,1H3/b9-2+. The van der Waals surface area contributed by atoms with Crippen LogP contribution in [-0.4, -0.2) is 4.57 Å². The second-order valence-electron chi connectivity index (χ2n) is 11.3. The molecule has 0 saturated carbocycles. The smallest absolute Gasteiger partial charge is 0.0619 e. The van der Waals surface area contributed by atoms with Gasteiger partial charge in [-0.25, -0.2) is 0 Å². The van der Waals surface area contributed by atoms with E-state index < -0.39 is 0 Å². The lowest BCUT2D eigenvalue weighted by atomic mass is 9.94. The molecule has 43 heavy (non-hydrogen) atoms. The van der Waals surface area contributed by atoms with Gasteiger partial charge in [0.1, 0.15) is 0 Å². The van der Waals surface area contributed by atoms with Crippen molar-refractivity contribution >= 4 is 50.3 Å². The molecule has 0 unspecified atom stereocenters. The van der Waals surface area contributed by atoms with E-state index in [2.05, 4.69) is 169 Å². The molecule has 0 atom stereocenters. The van der Waals surface area contributed by atoms with Crippen LogP contribution in [0, 0.1) is 0 Å². The SMILES string of the molecule is C/C=C/c1ccc2c(c1)C=CC=C(c1ccc(-c3ccc4c(c3)c3ccc5ccccc5c3n4-c3ccccc3)cc1)C2. The minimum Gasteiger partial charge on any atom is -0.309 e. The predicted octanol–water partition coefficient (Wildman–Crippen LogP) is 11.3. The van der Waals surface area contributed by atoms with E-state index in [1.165, 1.54) is 77.2 Å². The van der Waals surface area contributed by atoms with Crippen molar-refractivity contribution in [2.75, 3.05) is 0 Å². The highest BCUT2D eigenvalue weighted by Crippen LogP contribution is 2.38. The van der Waals surface area contributed by atoms with Crippen LogP contribution in [0.1, 0.15) is 29.2 Å². The number of nitrogens with zero attached hydrogens (tertiary/aromatic N) is 1. The van der Waals surface area contributed by atoms with Crippen LogP contribution in [0.3, 0.4) is 0 Å². The minimum absolute atomic E-state index is 0.927. The van der Waals surface area contributed by atoms with Gasteiger partial charge in [-0.15, -0.1) is 0 Å². The zero-order chi connectivity index (χ0) is 28.8. The molecule has 1 nitrogen and oxygen atoms in total. The summed E-state index contributed by atoms with van der Waals surface area (Å²) < 4.78 is 2.42. The summed E-state index contributed by atoms with van der Waals surface area (Å²) in [5, 5.41) is 5.09. The molecule has 1 aromatic heterocycles. The van der Waals surface area contributed by atoms with Crippen molar-refractivity contribution in [2.45, 2.75) is 13.3 Å². The molecule has 0 radical (unpaired) electrons. The van der Waals surface area contributed by atoms with Crippen molar-refractivity contribution in [3.8, 4) is 16.8 Å². The van der Waals surface area contributed by atoms with Crippen LogP contribution in [0.4, 0.5) is 0 Å². The molecule has 7 aromatic rings. The van der Waals surface area contributed by atoms with Gasteiger partial charge >= 0.3 is 0 Å². The van der Waals surface area contributed by atoms with Gasteiger partial charge in [0.15, 0.2) is 0 Å². The van der Waals surface area contributed by atoms with Crippen LogP contribution < -0.4 is 0 Å². The normalized spacial score (nSPS) is 13.1. The van der Waals surface area contributed by atoms with Crippen molar-refractivity contribution in [1.29, 1.82) is 0 Å². The molecule has 0 fully saturated rings. The maximum absolute atomic E-state index is 2.42. The third-order valence-electron chi connectivity index (χ3n) is 8.74. The Bertz CT molecular complexity index is 2240. The summed E-state index contributed by atoms with van der Waals surface area (Å²) in [5.41, 5.74) is 12.7. The van der Waals surface area contributed by atoms with Crippen molar-refractivity contribution in [1.82, 2.24) is 4.57 Å². The van der Waals surface area contributed by atoms with Gasteiger partial charge in [-0.1, -0.05) is 127 Å². The highest BCUT2D eigenvalue weighted by molar-refractivity contribution is 6.19. The Kier molecular flexibility index (Phi) is 6.16. The third kappa shape index (κ3) is 4.42. The minimum atomic E-state index is 0.927. The fourth-order valence-electron chi connectivity index (χ4n) is 6.64. The number of aromatic nitrogens is 1. The molecular weight excluding hydrogens is 518 g/mol. The van der Waals surface area contributed by atoms with Crippen molar-refractivity contribution < 1.29 is 0 Å². The van der Waals surface area contributed by atoms with E-state index in [0.29, 0.717) is 0 Å². The second-order valence-corrected chi connectivity index (χ2v) is 11.3. The zero-order valence-electron chi connectivity index (χ0n) is 24.2. The van der Waals surface area contributed by atoms with E-state index >= 15 is 0 Å². The summed E-state index contributed by atoms with van der Waals surface area (Å²) in [7, 11) is 0. The molecular formula is C42H31N. The van der Waals surface area contributed by atoms with Gasteiger partial charge in [0.05, 0.1) is 11.0 Å². The lowest BCUT2D eigenvalue weighted by Crippen LogP contribution is -1.94. The average molecular weight is 550 g/mol. The number of allylic oxidation sites excluding steroid dienone is 4. The van der Waals surface area contributed by atoms with Gasteiger partial charge in [0.2, 0.25) is 0 Å². The summed E-state index contributed by atoms with van der Waals surface area (Å²) >= 11 is 0. The van der Waals surface area contributed by atoms with Gasteiger partial charge in [-0.2, -0.15) is 0 Å². The fraction of sp³-hybridized carbons (Fsp3) is 0.0476. The molecule has 0 N–H and O–H groups in total. The number of fused-ring (bicyclic) bond motifs is 6. The average Bonchev–Trinajstić information content (AvgIpc) is 3.24. The van der Waals surface area contributed by atoms with Gasteiger partial charge in [0.25, 0.3) is 0 Å². The van der Waals surface area contributed by atoms with E-state index in [4.69, 9.17) is 0 Å². The Morgan fingerprint density at radius 1 is 0.628 bits per heavy atom. The Hall–Kier alpha value is -5.40. The molecule has 0 saturated heterocycles. The fourth-order valence-corrected chi connectivity index (χ4v) is 6.64. The van der Waals surface area contributed by atoms with Crippen LogP contribution in [-0.2, 0) is 6.42 Å². The summed E-state index contributed by atoms with van der Waals surface area (Å²) in [6.07, 6.45) is 11.9. The maximum atomic E-state index is 2.42. The highest BCUT2D eigenvalue weighted by atomic mass is 15.0. The van der Waals surface area contributed by atoms with E-state index in [1.54, 1.807) is 0 Å². The van der Waals surface area contributed by atoms with E-state index in [-0.39, 0.29) is 0 Å². The van der Waals surface area contributed by atoms with Gasteiger partial charge < -0.3 is 4.57 Å². The molecule has 0 spiro atoms. The van der Waals surface area contributed by atoms with Crippen LogP contribution in [0.15, 0.2) is 146 Å². The molecule has 1 heterocycles. The predicted molar refractivity (Wildman–Crippen MR) is 186 cm³/mol. The van der Waals surface area contributed by atoms with Gasteiger partial charge in [-0.3, -0.25) is 0 Å². The molecule has 204 valence electrons. The van der Waals surface area contributed by atoms with Crippen LogP contribution in [0.25, 0.3) is 67.1 Å². The Morgan fingerprint density at radius 3 is 2.28 bits per heavy atom. The van der Waals surface area contributed by atoms with Gasteiger partial charge in [0, 0.05) is 21.8 Å². The summed E-state index contributed by atoms with van der Waals surface area (Å²) in [5.74, 6) is 0. The van der Waals surface area contributed by atoms with Crippen molar-refractivity contribution in [3.05, 3.63) is 168 Å². The second kappa shape index (κ2) is 10.5. The highest BCUT2D eigenvalue weighted by Gasteiger charge is 2.16. The quantitative estimate of drug-likeness (QED) is 0.206. The number of para-hydroxylation sites is 1. The van der Waals surface area contributed by atoms with Gasteiger partial charge in [-0.05, 0) is 88.0 Å². The van der Waals surface area contributed by atoms with Crippen molar-refractivity contribution in [3.63, 3.8) is 0 Å². The van der Waals surface area contributed by atoms with Crippen LogP contribution in [0.5, 0.6) is 0 Å². The number of hydrogen-bond acceptors (Lipinski definition) is 0. The molecule has 0 aliphatic heterocycles. The summed E-state index contributed by atoms with van der Waals surface area (Å²) in [4.78, 5) is 0. The topological polar surface area (TPSA) is 4.93 Å². The molecule has 1 heteroatoms. The first-order valence-electron chi connectivity index (χ1n) is 15.0. The molecule has 6 aromatic carbocycles. The first-order valence-corrected chi connectivity index (χ1v) is 15.0. The Balaban J connectivity index is 1.19. The number of rotatable bonds is 4. The van der Waals surface area contributed by atoms with Crippen LogP contribution in [0.2, 0.25) is 0 Å². The Labute approximate surface area is 252 Å². The first kappa shape index (κ1) is 25.3. The van der Waals surface area contributed by atoms with Crippen molar-refractivity contribution in [2.24, 2.45) is 0 Å². The zero-order valence-corrected chi connectivity index (χ0v) is 24.2. The largest absolute Gasteiger partial charge is 0.309 e.